The molecule has 0 aromatic carbocycles. The summed E-state index contributed by atoms with van der Waals surface area (Å²) in [6.07, 6.45) is 0.963. The summed E-state index contributed by atoms with van der Waals surface area (Å²) in [4.78, 5) is 0. The third-order valence-corrected chi connectivity index (χ3v) is 15.9. The standard InChI is InChI=1S/C12H35NO3Si4/c1-17(2,3)14-19(7,8)16-20(9,12-10-11-13)15-18(4,5)6/h10-13H2,1-9H3. The minimum atomic E-state index is -2.20. The van der Waals surface area contributed by atoms with Crippen molar-refractivity contribution >= 4 is 33.8 Å². The zero-order valence-electron chi connectivity index (χ0n) is 14.9. The molecule has 0 saturated heterocycles. The lowest BCUT2D eigenvalue weighted by atomic mass is 10.5. The maximum atomic E-state index is 6.53. The molecule has 4 nitrogen and oxygen atoms in total. The summed E-state index contributed by atoms with van der Waals surface area (Å²) in [5, 5.41) is 0. The molecule has 0 bridgehead atoms. The van der Waals surface area contributed by atoms with Crippen molar-refractivity contribution in [1.82, 2.24) is 0 Å². The SMILES string of the molecule is C[Si](C)(C)O[Si](C)(C)O[Si](C)(CCCN)O[Si](C)(C)C. The Hall–Kier alpha value is 0.708. The van der Waals surface area contributed by atoms with Gasteiger partial charge < -0.3 is 18.1 Å². The Bertz CT molecular complexity index is 302. The van der Waals surface area contributed by atoms with Gasteiger partial charge in [0.1, 0.15) is 0 Å². The fourth-order valence-corrected chi connectivity index (χ4v) is 20.5. The molecule has 1 unspecified atom stereocenters. The maximum Gasteiger partial charge on any atom is 0.315 e. The Kier molecular flexibility index (Phi) is 7.57. The smallest absolute Gasteiger partial charge is 0.315 e. The van der Waals surface area contributed by atoms with Crippen LogP contribution in [-0.2, 0) is 12.3 Å². The van der Waals surface area contributed by atoms with Gasteiger partial charge in [-0.25, -0.2) is 0 Å². The molecule has 1 atom stereocenters. The van der Waals surface area contributed by atoms with E-state index in [0.29, 0.717) is 6.54 Å². The molecule has 0 aliphatic heterocycles. The van der Waals surface area contributed by atoms with Crippen LogP contribution in [0.15, 0.2) is 0 Å². The highest BCUT2D eigenvalue weighted by Crippen LogP contribution is 2.27. The Morgan fingerprint density at radius 2 is 1.15 bits per heavy atom. The molecule has 2 N–H and O–H groups in total. The first-order valence-corrected chi connectivity index (χ1v) is 19.6. The van der Waals surface area contributed by atoms with E-state index in [9.17, 15) is 0 Å². The van der Waals surface area contributed by atoms with Crippen molar-refractivity contribution < 1.29 is 12.3 Å². The second kappa shape index (κ2) is 7.31. The van der Waals surface area contributed by atoms with Crippen LogP contribution in [0.5, 0.6) is 0 Å². The van der Waals surface area contributed by atoms with Crippen LogP contribution in [0.4, 0.5) is 0 Å². The van der Waals surface area contributed by atoms with Gasteiger partial charge in [0.2, 0.25) is 0 Å². The van der Waals surface area contributed by atoms with E-state index in [1.807, 2.05) is 0 Å². The fourth-order valence-electron chi connectivity index (χ4n) is 2.47. The van der Waals surface area contributed by atoms with Crippen LogP contribution in [0.2, 0.25) is 65.0 Å². The molecule has 0 saturated carbocycles. The van der Waals surface area contributed by atoms with E-state index < -0.39 is 33.8 Å². The van der Waals surface area contributed by atoms with E-state index >= 15 is 0 Å². The summed E-state index contributed by atoms with van der Waals surface area (Å²) in [5.41, 5.74) is 5.67. The van der Waals surface area contributed by atoms with E-state index in [1.54, 1.807) is 0 Å². The Balaban J connectivity index is 4.96. The average Bonchev–Trinajstić information content (AvgIpc) is 2.05. The summed E-state index contributed by atoms with van der Waals surface area (Å²) < 4.78 is 19.3. The van der Waals surface area contributed by atoms with Crippen molar-refractivity contribution in [3.63, 3.8) is 0 Å². The highest BCUT2D eigenvalue weighted by Gasteiger charge is 2.43. The fraction of sp³-hybridized carbons (Fsp3) is 1.00. The van der Waals surface area contributed by atoms with Crippen LogP contribution in [0.25, 0.3) is 0 Å². The molecule has 122 valence electrons. The maximum absolute atomic E-state index is 6.53. The minimum Gasteiger partial charge on any atom is -0.437 e. The largest absolute Gasteiger partial charge is 0.437 e. The topological polar surface area (TPSA) is 53.7 Å². The predicted octanol–water partition coefficient (Wildman–Crippen LogP) is 3.83. The summed E-state index contributed by atoms with van der Waals surface area (Å²) >= 11 is 0. The van der Waals surface area contributed by atoms with Gasteiger partial charge in [-0.1, -0.05) is 0 Å². The third kappa shape index (κ3) is 10.4. The Morgan fingerprint density at radius 1 is 0.700 bits per heavy atom. The van der Waals surface area contributed by atoms with Gasteiger partial charge in [0.25, 0.3) is 0 Å². The lowest BCUT2D eigenvalue weighted by molar-refractivity contribution is 0.323. The lowest BCUT2D eigenvalue weighted by Crippen LogP contribution is -2.56. The lowest BCUT2D eigenvalue weighted by Gasteiger charge is -2.41. The molecule has 0 amide bonds. The molecule has 0 radical (unpaired) electrons. The highest BCUT2D eigenvalue weighted by molar-refractivity contribution is 6.89. The van der Waals surface area contributed by atoms with Gasteiger partial charge in [0.05, 0.1) is 0 Å². The first kappa shape index (κ1) is 20.7. The molecular weight excluding hydrogens is 318 g/mol. The molecule has 20 heavy (non-hydrogen) atoms. The van der Waals surface area contributed by atoms with Crippen LogP contribution < -0.4 is 5.73 Å². The third-order valence-electron chi connectivity index (χ3n) is 2.37. The summed E-state index contributed by atoms with van der Waals surface area (Å²) in [5.74, 6) is 0. The second-order valence-electron chi connectivity index (χ2n) is 7.96. The number of nitrogens with two attached hydrogens (primary N) is 1. The van der Waals surface area contributed by atoms with Crippen molar-refractivity contribution in [2.75, 3.05) is 6.54 Å². The van der Waals surface area contributed by atoms with E-state index in [4.69, 9.17) is 18.1 Å². The van der Waals surface area contributed by atoms with E-state index in [0.717, 1.165) is 12.5 Å². The zero-order valence-corrected chi connectivity index (χ0v) is 18.9. The molecule has 0 spiro atoms. The van der Waals surface area contributed by atoms with E-state index in [-0.39, 0.29) is 0 Å². The first-order chi connectivity index (χ1) is 8.68. The normalized spacial score (nSPS) is 17.1. The molecular formula is C12H35NO3Si4. The van der Waals surface area contributed by atoms with Crippen molar-refractivity contribution in [3.8, 4) is 0 Å². The molecule has 0 aliphatic rings. The predicted molar refractivity (Wildman–Crippen MR) is 97.5 cm³/mol. The molecule has 0 aromatic rings. The molecule has 0 heterocycles. The number of rotatable bonds is 9. The highest BCUT2D eigenvalue weighted by atomic mass is 28.5. The van der Waals surface area contributed by atoms with E-state index in [1.165, 1.54) is 0 Å². The number of hydrogen-bond donors (Lipinski definition) is 1. The van der Waals surface area contributed by atoms with Gasteiger partial charge in [0.15, 0.2) is 16.6 Å². The monoisotopic (exact) mass is 353 g/mol. The Morgan fingerprint density at radius 3 is 1.50 bits per heavy atom. The van der Waals surface area contributed by atoms with E-state index in [2.05, 4.69) is 58.9 Å². The molecule has 0 fully saturated rings. The van der Waals surface area contributed by atoms with Crippen molar-refractivity contribution in [1.29, 1.82) is 0 Å². The average molecular weight is 354 g/mol. The van der Waals surface area contributed by atoms with Gasteiger partial charge in [-0.05, 0) is 77.9 Å². The second-order valence-corrected chi connectivity index (χ2v) is 24.4. The van der Waals surface area contributed by atoms with Crippen LogP contribution in [0.3, 0.4) is 0 Å². The summed E-state index contributed by atoms with van der Waals surface area (Å²) in [6.45, 7) is 20.5. The van der Waals surface area contributed by atoms with Crippen LogP contribution >= 0.6 is 0 Å². The Labute approximate surface area is 130 Å². The first-order valence-electron chi connectivity index (χ1n) is 7.49. The minimum absolute atomic E-state index is 0.692. The van der Waals surface area contributed by atoms with Crippen molar-refractivity contribution in [3.05, 3.63) is 0 Å². The van der Waals surface area contributed by atoms with Crippen LogP contribution in [-0.4, -0.2) is 40.3 Å². The molecule has 0 rings (SSSR count). The van der Waals surface area contributed by atoms with Gasteiger partial charge in [0, 0.05) is 0 Å². The zero-order chi connectivity index (χ0) is 16.2. The summed E-state index contributed by atoms with van der Waals surface area (Å²) in [6, 6.07) is 0.958. The summed E-state index contributed by atoms with van der Waals surface area (Å²) in [7, 11) is -7.56. The van der Waals surface area contributed by atoms with Gasteiger partial charge in [-0.15, -0.1) is 0 Å². The number of hydrogen-bond acceptors (Lipinski definition) is 4. The van der Waals surface area contributed by atoms with Crippen LogP contribution in [0.1, 0.15) is 6.42 Å². The van der Waals surface area contributed by atoms with Crippen molar-refractivity contribution in [2.45, 2.75) is 71.4 Å². The van der Waals surface area contributed by atoms with Crippen molar-refractivity contribution in [2.24, 2.45) is 5.73 Å². The molecule has 0 aliphatic carbocycles. The van der Waals surface area contributed by atoms with Gasteiger partial charge >= 0.3 is 17.1 Å². The van der Waals surface area contributed by atoms with Crippen LogP contribution in [0, 0.1) is 0 Å². The quantitative estimate of drug-likeness (QED) is 0.640. The van der Waals surface area contributed by atoms with Gasteiger partial charge in [-0.2, -0.15) is 0 Å². The van der Waals surface area contributed by atoms with Gasteiger partial charge in [-0.3, -0.25) is 0 Å². The molecule has 8 heteroatoms. The molecule has 0 aromatic heterocycles.